The lowest BCUT2D eigenvalue weighted by Gasteiger charge is -2.14. The van der Waals surface area contributed by atoms with E-state index in [4.69, 9.17) is 5.73 Å². The van der Waals surface area contributed by atoms with Crippen molar-refractivity contribution in [2.24, 2.45) is 5.73 Å². The first-order valence-corrected chi connectivity index (χ1v) is 8.73. The van der Waals surface area contributed by atoms with Gasteiger partial charge in [-0.2, -0.15) is 13.2 Å². The minimum atomic E-state index is -4.46. The van der Waals surface area contributed by atoms with Gasteiger partial charge < -0.3 is 20.7 Å². The first-order valence-electron chi connectivity index (χ1n) is 8.73. The topological polar surface area (TPSA) is 114 Å². The number of hydrogen-bond acceptors (Lipinski definition) is 4. The highest BCUT2D eigenvalue weighted by Crippen LogP contribution is 2.29. The molecule has 0 saturated carbocycles. The Balaban J connectivity index is 2.19. The maximum Gasteiger partial charge on any atom is 0.416 e. The zero-order valence-electron chi connectivity index (χ0n) is 15.3. The van der Waals surface area contributed by atoms with Crippen LogP contribution in [0.2, 0.25) is 0 Å². The van der Waals surface area contributed by atoms with Crippen molar-refractivity contribution in [1.29, 1.82) is 0 Å². The number of alkyl halides is 3. The Bertz CT molecular complexity index is 924. The molecule has 1 aromatic heterocycles. The average Bonchev–Trinajstić information content (AvgIpc) is 2.66. The number of amides is 1. The SMILES string of the molecule is NCCC[C@H](NC(=O)c1cccn(Cc2ccc(C(F)(F)F)cc2)c1=O)C(=O)O. The fourth-order valence-electron chi connectivity index (χ4n) is 2.65. The molecule has 1 amide bonds. The number of carboxylic acid groups (broad SMARTS) is 1. The molecular formula is C19H20F3N3O4. The molecule has 7 nitrogen and oxygen atoms in total. The number of nitrogens with one attached hydrogen (secondary N) is 1. The molecule has 2 aromatic rings. The van der Waals surface area contributed by atoms with Gasteiger partial charge in [0.05, 0.1) is 12.1 Å². The number of carboxylic acids is 1. The number of nitrogens with zero attached hydrogens (tertiary/aromatic N) is 1. The molecule has 0 unspecified atom stereocenters. The van der Waals surface area contributed by atoms with Gasteiger partial charge in [-0.3, -0.25) is 9.59 Å². The van der Waals surface area contributed by atoms with E-state index in [-0.39, 0.29) is 25.1 Å². The third kappa shape index (κ3) is 5.92. The minimum Gasteiger partial charge on any atom is -0.480 e. The van der Waals surface area contributed by atoms with Gasteiger partial charge in [0.1, 0.15) is 11.6 Å². The van der Waals surface area contributed by atoms with Gasteiger partial charge >= 0.3 is 12.1 Å². The summed E-state index contributed by atoms with van der Waals surface area (Å²) in [6.07, 6.45) is -2.58. The fourth-order valence-corrected chi connectivity index (χ4v) is 2.65. The lowest BCUT2D eigenvalue weighted by Crippen LogP contribution is -2.43. The van der Waals surface area contributed by atoms with Gasteiger partial charge in [-0.15, -0.1) is 0 Å². The number of benzene rings is 1. The Morgan fingerprint density at radius 3 is 2.38 bits per heavy atom. The van der Waals surface area contributed by atoms with E-state index in [2.05, 4.69) is 5.32 Å². The number of halogens is 3. The molecule has 4 N–H and O–H groups in total. The van der Waals surface area contributed by atoms with Crippen LogP contribution in [0.15, 0.2) is 47.4 Å². The quantitative estimate of drug-likeness (QED) is 0.613. The van der Waals surface area contributed by atoms with E-state index in [0.29, 0.717) is 12.0 Å². The molecule has 156 valence electrons. The van der Waals surface area contributed by atoms with Crippen LogP contribution in [0.1, 0.15) is 34.3 Å². The average molecular weight is 411 g/mol. The maximum absolute atomic E-state index is 12.6. The molecule has 0 fully saturated rings. The van der Waals surface area contributed by atoms with Gasteiger partial charge in [0.15, 0.2) is 0 Å². The second-order valence-electron chi connectivity index (χ2n) is 6.34. The highest BCUT2D eigenvalue weighted by atomic mass is 19.4. The van der Waals surface area contributed by atoms with E-state index < -0.39 is 35.2 Å². The van der Waals surface area contributed by atoms with Crippen molar-refractivity contribution in [2.45, 2.75) is 31.6 Å². The van der Waals surface area contributed by atoms with Crippen LogP contribution in [-0.4, -0.2) is 34.1 Å². The van der Waals surface area contributed by atoms with Crippen LogP contribution < -0.4 is 16.6 Å². The standard InChI is InChI=1S/C19H20F3N3O4/c20-19(21,22)13-7-5-12(6-8-13)11-25-10-2-3-14(17(25)27)16(26)24-15(18(28)29)4-1-9-23/h2-3,5-8,10,15H,1,4,9,11,23H2,(H,24,26)(H,28,29)/t15-/m0/s1. The molecule has 0 aliphatic carbocycles. The van der Waals surface area contributed by atoms with Crippen LogP contribution in [0.25, 0.3) is 0 Å². The third-order valence-electron chi connectivity index (χ3n) is 4.20. The normalized spacial score (nSPS) is 12.4. The number of aliphatic carboxylic acids is 1. The molecule has 0 radical (unpaired) electrons. The summed E-state index contributed by atoms with van der Waals surface area (Å²) in [7, 11) is 0. The van der Waals surface area contributed by atoms with Gasteiger partial charge in [-0.05, 0) is 49.2 Å². The number of carbonyl (C=O) groups excluding carboxylic acids is 1. The number of carbonyl (C=O) groups is 2. The van der Waals surface area contributed by atoms with Crippen LogP contribution >= 0.6 is 0 Å². The van der Waals surface area contributed by atoms with Crippen LogP contribution in [0.5, 0.6) is 0 Å². The zero-order valence-corrected chi connectivity index (χ0v) is 15.3. The van der Waals surface area contributed by atoms with E-state index in [1.165, 1.54) is 30.5 Å². The molecule has 29 heavy (non-hydrogen) atoms. The first kappa shape index (κ1) is 22.2. The summed E-state index contributed by atoms with van der Waals surface area (Å²) < 4.78 is 39.1. The Morgan fingerprint density at radius 1 is 1.17 bits per heavy atom. The summed E-state index contributed by atoms with van der Waals surface area (Å²) >= 11 is 0. The van der Waals surface area contributed by atoms with Crippen LogP contribution in [0.3, 0.4) is 0 Å². The minimum absolute atomic E-state index is 0.0480. The van der Waals surface area contributed by atoms with Crippen molar-refractivity contribution >= 4 is 11.9 Å². The molecule has 2 rings (SSSR count). The van der Waals surface area contributed by atoms with Gasteiger partial charge in [0, 0.05) is 6.20 Å². The predicted molar refractivity (Wildman–Crippen MR) is 98.4 cm³/mol. The summed E-state index contributed by atoms with van der Waals surface area (Å²) in [5.74, 6) is -2.09. The predicted octanol–water partition coefficient (Wildman–Crippen LogP) is 1.84. The summed E-state index contributed by atoms with van der Waals surface area (Å²) in [6.45, 7) is 0.207. The monoisotopic (exact) mass is 411 g/mol. The number of aromatic nitrogens is 1. The molecule has 0 aliphatic rings. The molecule has 0 aliphatic heterocycles. The smallest absolute Gasteiger partial charge is 0.416 e. The maximum atomic E-state index is 12.6. The largest absolute Gasteiger partial charge is 0.480 e. The molecule has 10 heteroatoms. The van der Waals surface area contributed by atoms with Crippen molar-refractivity contribution in [3.05, 3.63) is 69.6 Å². The second kappa shape index (κ2) is 9.37. The molecule has 0 bridgehead atoms. The third-order valence-corrected chi connectivity index (χ3v) is 4.20. The van der Waals surface area contributed by atoms with Crippen molar-refractivity contribution in [1.82, 2.24) is 9.88 Å². The zero-order chi connectivity index (χ0) is 21.6. The fraction of sp³-hybridized carbons (Fsp3) is 0.316. The molecular weight excluding hydrogens is 391 g/mol. The van der Waals surface area contributed by atoms with Gasteiger partial charge in [0.2, 0.25) is 0 Å². The van der Waals surface area contributed by atoms with Crippen molar-refractivity contribution < 1.29 is 27.9 Å². The van der Waals surface area contributed by atoms with Crippen molar-refractivity contribution in [2.75, 3.05) is 6.54 Å². The number of pyridine rings is 1. The highest BCUT2D eigenvalue weighted by molar-refractivity contribution is 5.96. The Kier molecular flexibility index (Phi) is 7.16. The lowest BCUT2D eigenvalue weighted by molar-refractivity contribution is -0.139. The molecule has 1 aromatic carbocycles. The number of hydrogen-bond donors (Lipinski definition) is 3. The van der Waals surface area contributed by atoms with Gasteiger partial charge in [-0.1, -0.05) is 12.1 Å². The van der Waals surface area contributed by atoms with Gasteiger partial charge in [0.25, 0.3) is 11.5 Å². The van der Waals surface area contributed by atoms with E-state index in [1.807, 2.05) is 0 Å². The van der Waals surface area contributed by atoms with Crippen molar-refractivity contribution in [3.63, 3.8) is 0 Å². The number of rotatable bonds is 8. The van der Waals surface area contributed by atoms with Crippen molar-refractivity contribution in [3.8, 4) is 0 Å². The summed E-state index contributed by atoms with van der Waals surface area (Å²) in [5, 5.41) is 11.5. The lowest BCUT2D eigenvalue weighted by atomic mass is 10.1. The highest BCUT2D eigenvalue weighted by Gasteiger charge is 2.30. The molecule has 1 atom stereocenters. The molecule has 1 heterocycles. The van der Waals surface area contributed by atoms with E-state index >= 15 is 0 Å². The van der Waals surface area contributed by atoms with Crippen LogP contribution in [0, 0.1) is 0 Å². The van der Waals surface area contributed by atoms with E-state index in [9.17, 15) is 32.7 Å². The van der Waals surface area contributed by atoms with Gasteiger partial charge in [-0.25, -0.2) is 4.79 Å². The van der Waals surface area contributed by atoms with E-state index in [0.717, 1.165) is 16.7 Å². The van der Waals surface area contributed by atoms with E-state index in [1.54, 1.807) is 0 Å². The molecule has 0 spiro atoms. The summed E-state index contributed by atoms with van der Waals surface area (Å²) in [5.41, 5.74) is 4.02. The Morgan fingerprint density at radius 2 is 1.83 bits per heavy atom. The molecule has 0 saturated heterocycles. The summed E-state index contributed by atoms with van der Waals surface area (Å²) in [6, 6.07) is 5.80. The van der Waals surface area contributed by atoms with Crippen LogP contribution in [-0.2, 0) is 17.5 Å². The Labute approximate surface area is 164 Å². The Hall–Kier alpha value is -3.14. The summed E-state index contributed by atoms with van der Waals surface area (Å²) in [4.78, 5) is 36.2. The van der Waals surface area contributed by atoms with Crippen LogP contribution in [0.4, 0.5) is 13.2 Å². The second-order valence-corrected chi connectivity index (χ2v) is 6.34. The number of nitrogens with two attached hydrogens (primary N) is 1. The first-order chi connectivity index (χ1) is 13.6.